The van der Waals surface area contributed by atoms with E-state index in [1.54, 1.807) is 51.1 Å². The summed E-state index contributed by atoms with van der Waals surface area (Å²) in [5.41, 5.74) is 0.107. The molecule has 16 nitrogen and oxygen atoms in total. The second-order valence-corrected chi connectivity index (χ2v) is 14.7. The zero-order valence-electron chi connectivity index (χ0n) is 35.2. The first-order valence-electron chi connectivity index (χ1n) is 18.8. The van der Waals surface area contributed by atoms with Crippen LogP contribution in [0.25, 0.3) is 6.08 Å². The van der Waals surface area contributed by atoms with E-state index >= 15 is 0 Å². The van der Waals surface area contributed by atoms with E-state index in [9.17, 15) is 38.4 Å². The molecular weight excluding hydrogens is 772 g/mol. The molecule has 3 rings (SSSR count). The number of rotatable bonds is 11. The zero-order chi connectivity index (χ0) is 44.4. The molecule has 0 saturated carbocycles. The fraction of sp³-hybridized carbons (Fsp3) is 0.488. The molecule has 2 bridgehead atoms. The highest BCUT2D eigenvalue weighted by molar-refractivity contribution is 5.94. The van der Waals surface area contributed by atoms with Gasteiger partial charge < -0.3 is 37.9 Å². The summed E-state index contributed by atoms with van der Waals surface area (Å²) in [6.07, 6.45) is -4.49. The van der Waals surface area contributed by atoms with Crippen molar-refractivity contribution in [2.75, 3.05) is 6.61 Å². The third-order valence-corrected chi connectivity index (χ3v) is 9.69. The highest BCUT2D eigenvalue weighted by Crippen LogP contribution is 2.52. The van der Waals surface area contributed by atoms with Gasteiger partial charge in [-0.3, -0.25) is 33.6 Å². The molecule has 1 aromatic rings. The molecule has 6 unspecified atom stereocenters. The molecule has 0 saturated heterocycles. The minimum atomic E-state index is -1.54. The Kier molecular flexibility index (Phi) is 16.5. The van der Waals surface area contributed by atoms with E-state index in [2.05, 4.69) is 0 Å². The maximum atomic E-state index is 14.1. The lowest BCUT2D eigenvalue weighted by atomic mass is 9.60. The summed E-state index contributed by atoms with van der Waals surface area (Å²) in [5.74, 6) is -8.29. The number of carbonyl (C=O) groups is 8. The number of carbonyl (C=O) groups excluding carboxylic acids is 8. The number of ether oxygens (including phenoxy) is 8. The molecule has 0 aliphatic heterocycles. The Morgan fingerprint density at radius 2 is 1.20 bits per heavy atom. The summed E-state index contributed by atoms with van der Waals surface area (Å²) in [6.45, 7) is 14.0. The van der Waals surface area contributed by atoms with Crippen LogP contribution in [0, 0.1) is 11.3 Å². The first-order valence-corrected chi connectivity index (χ1v) is 18.8. The van der Waals surface area contributed by atoms with Crippen LogP contribution in [0.5, 0.6) is 0 Å². The fourth-order valence-electron chi connectivity index (χ4n) is 7.30. The van der Waals surface area contributed by atoms with E-state index in [1.807, 2.05) is 0 Å². The average Bonchev–Trinajstić information content (AvgIpc) is 3.10. The molecular formula is C43H52O16. The van der Waals surface area contributed by atoms with E-state index < -0.39 is 108 Å². The Morgan fingerprint density at radius 1 is 0.644 bits per heavy atom. The predicted molar refractivity (Wildman–Crippen MR) is 207 cm³/mol. The van der Waals surface area contributed by atoms with Crippen molar-refractivity contribution >= 4 is 53.8 Å². The summed E-state index contributed by atoms with van der Waals surface area (Å²) in [7, 11) is 0. The van der Waals surface area contributed by atoms with Crippen molar-refractivity contribution in [2.24, 2.45) is 11.3 Å². The summed E-state index contributed by atoms with van der Waals surface area (Å²) in [6, 6.07) is 8.40. The van der Waals surface area contributed by atoms with Crippen LogP contribution >= 0.6 is 0 Å². The summed E-state index contributed by atoms with van der Waals surface area (Å²) < 4.78 is 46.2. The van der Waals surface area contributed by atoms with Crippen molar-refractivity contribution in [1.29, 1.82) is 0 Å². The first kappa shape index (κ1) is 47.3. The van der Waals surface area contributed by atoms with Crippen molar-refractivity contribution in [3.63, 3.8) is 0 Å². The van der Waals surface area contributed by atoms with Crippen molar-refractivity contribution in [3.8, 4) is 0 Å². The Balaban J connectivity index is 2.57. The molecule has 0 radical (unpaired) electrons. The van der Waals surface area contributed by atoms with Gasteiger partial charge in [0.1, 0.15) is 31.0 Å². The topological polar surface area (TPSA) is 210 Å². The second kappa shape index (κ2) is 20.6. The van der Waals surface area contributed by atoms with Crippen LogP contribution in [0.15, 0.2) is 70.2 Å². The third-order valence-electron chi connectivity index (χ3n) is 9.69. The molecule has 0 aromatic heterocycles. The van der Waals surface area contributed by atoms with Crippen LogP contribution in [0.4, 0.5) is 0 Å². The third kappa shape index (κ3) is 13.2. The van der Waals surface area contributed by atoms with Crippen LogP contribution in [0.2, 0.25) is 0 Å². The minimum absolute atomic E-state index is 0.0328. The van der Waals surface area contributed by atoms with Crippen molar-refractivity contribution < 1.29 is 76.3 Å². The predicted octanol–water partition coefficient (Wildman–Crippen LogP) is 5.32. The number of fused-ring (bicyclic) bond motifs is 2. The molecule has 0 fully saturated rings. The maximum absolute atomic E-state index is 14.1. The molecule has 2 aliphatic carbocycles. The van der Waals surface area contributed by atoms with Crippen LogP contribution in [-0.2, 0) is 76.3 Å². The van der Waals surface area contributed by atoms with Gasteiger partial charge in [-0.15, -0.1) is 0 Å². The Bertz CT molecular complexity index is 1950. The maximum Gasteiger partial charge on any atom is 0.375 e. The number of hydrogen-bond acceptors (Lipinski definition) is 16. The van der Waals surface area contributed by atoms with Crippen molar-refractivity contribution in [3.05, 3.63) is 75.8 Å². The zero-order valence-corrected chi connectivity index (χ0v) is 35.2. The average molecular weight is 825 g/mol. The highest BCUT2D eigenvalue weighted by Gasteiger charge is 2.52. The number of hydrogen-bond donors (Lipinski definition) is 0. The summed E-state index contributed by atoms with van der Waals surface area (Å²) in [5, 5.41) is 0. The van der Waals surface area contributed by atoms with E-state index in [4.69, 9.17) is 37.9 Å². The fourth-order valence-corrected chi connectivity index (χ4v) is 7.30. The van der Waals surface area contributed by atoms with E-state index in [0.29, 0.717) is 16.7 Å². The molecule has 0 spiro atoms. The molecule has 2 aliphatic rings. The summed E-state index contributed by atoms with van der Waals surface area (Å²) in [4.78, 5) is 103. The van der Waals surface area contributed by atoms with Gasteiger partial charge in [0.2, 0.25) is 5.76 Å². The van der Waals surface area contributed by atoms with Gasteiger partial charge in [0, 0.05) is 72.0 Å². The van der Waals surface area contributed by atoms with Gasteiger partial charge in [-0.05, 0) is 54.5 Å². The van der Waals surface area contributed by atoms with Gasteiger partial charge in [-0.1, -0.05) is 44.2 Å². The van der Waals surface area contributed by atoms with Gasteiger partial charge in [0.15, 0.2) is 11.9 Å². The smallest absolute Gasteiger partial charge is 0.375 e. The molecule has 59 heavy (non-hydrogen) atoms. The van der Waals surface area contributed by atoms with Crippen LogP contribution in [-0.4, -0.2) is 84.9 Å². The minimum Gasteiger partial charge on any atom is -0.461 e. The SMILES string of the molecule is CC(=O)OCC1=CC(OC(C)=O)C2CC(OC(C)=O)C(C)=C(C(OC(C)=O)C(OC(C)=O)=C(C)C(OC(C)=O)CC1OC(=O)C(=Cc1ccccc1)OC(C)=O)C2(C)C. The first-order chi connectivity index (χ1) is 27.5. The molecule has 0 amide bonds. The van der Waals surface area contributed by atoms with Crippen LogP contribution in [0.3, 0.4) is 0 Å². The Labute approximate surface area is 342 Å². The van der Waals surface area contributed by atoms with Gasteiger partial charge >= 0.3 is 47.8 Å². The lowest BCUT2D eigenvalue weighted by molar-refractivity contribution is -0.157. The van der Waals surface area contributed by atoms with Gasteiger partial charge in [0.25, 0.3) is 0 Å². The molecule has 0 heterocycles. The monoisotopic (exact) mass is 824 g/mol. The quantitative estimate of drug-likeness (QED) is 0.0908. The largest absolute Gasteiger partial charge is 0.461 e. The van der Waals surface area contributed by atoms with E-state index in [-0.39, 0.29) is 23.3 Å². The summed E-state index contributed by atoms with van der Waals surface area (Å²) >= 11 is 0. The van der Waals surface area contributed by atoms with Gasteiger partial charge in [-0.2, -0.15) is 0 Å². The molecule has 320 valence electrons. The second-order valence-electron chi connectivity index (χ2n) is 14.7. The normalized spacial score (nSPS) is 23.2. The molecule has 6 atom stereocenters. The molecule has 1 aromatic carbocycles. The van der Waals surface area contributed by atoms with Crippen LogP contribution < -0.4 is 0 Å². The van der Waals surface area contributed by atoms with E-state index in [0.717, 1.165) is 41.5 Å². The number of benzene rings is 1. The number of esters is 8. The van der Waals surface area contributed by atoms with Crippen LogP contribution in [0.1, 0.15) is 94.6 Å². The van der Waals surface area contributed by atoms with Crippen molar-refractivity contribution in [2.45, 2.75) is 120 Å². The standard InChI is InChI=1S/C43H52O16/c1-22-34(53-25(4)45)19-33-37(55-27(6)47)18-32(21-52-24(3)44)36(59-42(51)38(56-28(7)48)17-31-15-13-12-14-16-31)20-35(54-26(5)46)23(2)40(57-29(8)49)41(58-30(9)50)39(22)43(33,10)11/h12-18,33-37,41H,19-21H2,1-11H3. The van der Waals surface area contributed by atoms with Gasteiger partial charge in [-0.25, -0.2) is 4.79 Å². The van der Waals surface area contributed by atoms with E-state index in [1.165, 1.54) is 26.0 Å². The molecule has 16 heteroatoms. The Hall–Kier alpha value is -6.06. The van der Waals surface area contributed by atoms with Crippen molar-refractivity contribution in [1.82, 2.24) is 0 Å². The lowest BCUT2D eigenvalue weighted by Gasteiger charge is -2.48. The lowest BCUT2D eigenvalue weighted by Crippen LogP contribution is -2.49. The van der Waals surface area contributed by atoms with Gasteiger partial charge in [0.05, 0.1) is 0 Å². The highest BCUT2D eigenvalue weighted by atomic mass is 16.6. The Morgan fingerprint density at radius 3 is 1.71 bits per heavy atom. The molecule has 0 N–H and O–H groups in total.